The second-order valence-electron chi connectivity index (χ2n) is 2.37. The predicted molar refractivity (Wildman–Crippen MR) is 47.1 cm³/mol. The number of nitrogens with two attached hydrogens (primary N) is 1. The largest absolute Gasteiger partial charge is 0.312 e. The summed E-state index contributed by atoms with van der Waals surface area (Å²) in [6.07, 6.45) is 1.87. The Morgan fingerprint density at radius 2 is 2.10 bits per heavy atom. The zero-order chi connectivity index (χ0) is 7.40. The van der Waals surface area contributed by atoms with Crippen molar-refractivity contribution in [2.24, 2.45) is 5.73 Å². The van der Waals surface area contributed by atoms with Crippen LogP contribution in [-0.2, 0) is 0 Å². The second kappa shape index (κ2) is 4.01. The Kier molecular flexibility index (Phi) is 3.25. The smallest absolute Gasteiger partial charge is 0.0762 e. The molecule has 1 aliphatic heterocycles. The molecular weight excluding hydrogens is 144 g/mol. The van der Waals surface area contributed by atoms with Gasteiger partial charge in [0.2, 0.25) is 0 Å². The molecule has 0 amide bonds. The third-order valence-electron chi connectivity index (χ3n) is 1.71. The van der Waals surface area contributed by atoms with Crippen molar-refractivity contribution in [3.8, 4) is 0 Å². The van der Waals surface area contributed by atoms with Gasteiger partial charge in [-0.25, -0.2) is 0 Å². The van der Waals surface area contributed by atoms with Crippen molar-refractivity contribution in [1.29, 1.82) is 0 Å². The van der Waals surface area contributed by atoms with Crippen LogP contribution >= 0.6 is 11.8 Å². The lowest BCUT2D eigenvalue weighted by Crippen LogP contribution is -2.44. The lowest BCUT2D eigenvalue weighted by Gasteiger charge is -2.29. The highest BCUT2D eigenvalue weighted by molar-refractivity contribution is 7.99. The molecule has 2 nitrogen and oxygen atoms in total. The topological polar surface area (TPSA) is 29.3 Å². The molecule has 1 unspecified atom stereocenters. The highest BCUT2D eigenvalue weighted by atomic mass is 32.2. The quantitative estimate of drug-likeness (QED) is 0.594. The summed E-state index contributed by atoms with van der Waals surface area (Å²) < 4.78 is 0. The molecule has 58 valence electrons. The lowest BCUT2D eigenvalue weighted by atomic mass is 10.4. The lowest BCUT2D eigenvalue weighted by molar-refractivity contribution is 0.258. The van der Waals surface area contributed by atoms with Gasteiger partial charge in [-0.2, -0.15) is 11.8 Å². The van der Waals surface area contributed by atoms with Gasteiger partial charge in [-0.15, -0.1) is 6.58 Å². The van der Waals surface area contributed by atoms with Gasteiger partial charge in [-0.1, -0.05) is 6.08 Å². The van der Waals surface area contributed by atoms with Gasteiger partial charge >= 0.3 is 0 Å². The molecule has 1 rings (SSSR count). The van der Waals surface area contributed by atoms with Crippen LogP contribution in [0.2, 0.25) is 0 Å². The van der Waals surface area contributed by atoms with Crippen molar-refractivity contribution in [3.05, 3.63) is 12.7 Å². The molecule has 1 heterocycles. The molecule has 0 spiro atoms. The highest BCUT2D eigenvalue weighted by Crippen LogP contribution is 2.09. The minimum atomic E-state index is 0.0703. The summed E-state index contributed by atoms with van der Waals surface area (Å²) in [7, 11) is 0. The Bertz CT molecular complexity index is 110. The Morgan fingerprint density at radius 3 is 2.60 bits per heavy atom. The minimum absolute atomic E-state index is 0.0703. The van der Waals surface area contributed by atoms with Gasteiger partial charge in [0.1, 0.15) is 0 Å². The van der Waals surface area contributed by atoms with E-state index in [0.29, 0.717) is 0 Å². The normalized spacial score (nSPS) is 24.1. The molecular formula is C7H14N2S. The molecule has 1 saturated heterocycles. The van der Waals surface area contributed by atoms with E-state index >= 15 is 0 Å². The van der Waals surface area contributed by atoms with Gasteiger partial charge in [-0.05, 0) is 0 Å². The molecule has 10 heavy (non-hydrogen) atoms. The van der Waals surface area contributed by atoms with E-state index in [9.17, 15) is 0 Å². The van der Waals surface area contributed by atoms with Gasteiger partial charge < -0.3 is 5.73 Å². The van der Waals surface area contributed by atoms with Crippen LogP contribution in [0, 0.1) is 0 Å². The van der Waals surface area contributed by atoms with Crippen molar-refractivity contribution in [3.63, 3.8) is 0 Å². The zero-order valence-electron chi connectivity index (χ0n) is 6.12. The van der Waals surface area contributed by atoms with Gasteiger partial charge in [0, 0.05) is 24.6 Å². The summed E-state index contributed by atoms with van der Waals surface area (Å²) in [4.78, 5) is 2.25. The molecule has 0 aromatic rings. The summed E-state index contributed by atoms with van der Waals surface area (Å²) in [5.41, 5.74) is 5.75. The summed E-state index contributed by atoms with van der Waals surface area (Å²) in [6.45, 7) is 5.88. The van der Waals surface area contributed by atoms with Crippen molar-refractivity contribution >= 4 is 11.8 Å². The fourth-order valence-electron chi connectivity index (χ4n) is 1.02. The Hall–Kier alpha value is 0.0100. The fraction of sp³-hybridized carbons (Fsp3) is 0.714. The van der Waals surface area contributed by atoms with Crippen LogP contribution in [0.4, 0.5) is 0 Å². The number of thioether (sulfide) groups is 1. The molecule has 2 N–H and O–H groups in total. The van der Waals surface area contributed by atoms with Gasteiger partial charge in [-0.3, -0.25) is 4.90 Å². The van der Waals surface area contributed by atoms with Crippen molar-refractivity contribution in [2.45, 2.75) is 6.17 Å². The number of rotatable bonds is 2. The average Bonchev–Trinajstić information content (AvgIpc) is 2.05. The van der Waals surface area contributed by atoms with E-state index in [1.807, 2.05) is 11.8 Å². The van der Waals surface area contributed by atoms with E-state index < -0.39 is 0 Å². The summed E-state index contributed by atoms with van der Waals surface area (Å²) in [5, 5.41) is 0. The maximum atomic E-state index is 5.75. The molecule has 1 aliphatic rings. The monoisotopic (exact) mass is 158 g/mol. The maximum Gasteiger partial charge on any atom is 0.0762 e. The first-order valence-corrected chi connectivity index (χ1v) is 4.70. The molecule has 3 heteroatoms. The molecule has 0 aliphatic carbocycles. The van der Waals surface area contributed by atoms with Crippen LogP contribution < -0.4 is 5.73 Å². The third kappa shape index (κ3) is 2.01. The van der Waals surface area contributed by atoms with Crippen LogP contribution in [-0.4, -0.2) is 35.7 Å². The molecule has 0 aromatic heterocycles. The first-order chi connectivity index (χ1) is 4.84. The molecule has 1 atom stereocenters. The Balaban J connectivity index is 2.30. The molecule has 0 saturated carbocycles. The van der Waals surface area contributed by atoms with E-state index in [-0.39, 0.29) is 6.17 Å². The van der Waals surface area contributed by atoms with E-state index in [2.05, 4.69) is 11.5 Å². The standard InChI is InChI=1S/C7H14N2S/c1-2-7(8)9-3-5-10-6-4-9/h2,7H,1,3-6,8H2. The van der Waals surface area contributed by atoms with Gasteiger partial charge in [0.05, 0.1) is 6.17 Å². The van der Waals surface area contributed by atoms with Crippen LogP contribution in [0.15, 0.2) is 12.7 Å². The number of hydrogen-bond acceptors (Lipinski definition) is 3. The molecule has 0 bridgehead atoms. The Morgan fingerprint density at radius 1 is 1.50 bits per heavy atom. The first-order valence-electron chi connectivity index (χ1n) is 3.54. The number of nitrogens with zero attached hydrogens (tertiary/aromatic N) is 1. The maximum absolute atomic E-state index is 5.75. The fourth-order valence-corrected chi connectivity index (χ4v) is 1.96. The Labute approximate surface area is 66.5 Å². The SMILES string of the molecule is C=CC(N)N1CCSCC1. The van der Waals surface area contributed by atoms with E-state index in [1.165, 1.54) is 11.5 Å². The minimum Gasteiger partial charge on any atom is -0.312 e. The highest BCUT2D eigenvalue weighted by Gasteiger charge is 2.13. The predicted octanol–water partition coefficient (Wildman–Crippen LogP) is 0.506. The zero-order valence-corrected chi connectivity index (χ0v) is 6.94. The summed E-state index contributed by atoms with van der Waals surface area (Å²) in [6, 6.07) is 0. The van der Waals surface area contributed by atoms with Crippen LogP contribution in [0.3, 0.4) is 0 Å². The van der Waals surface area contributed by atoms with Crippen molar-refractivity contribution in [2.75, 3.05) is 24.6 Å². The summed E-state index contributed by atoms with van der Waals surface area (Å²) >= 11 is 2.00. The van der Waals surface area contributed by atoms with Gasteiger partial charge in [0.15, 0.2) is 0 Å². The van der Waals surface area contributed by atoms with E-state index in [4.69, 9.17) is 5.73 Å². The van der Waals surface area contributed by atoms with E-state index in [1.54, 1.807) is 6.08 Å². The molecule has 1 fully saturated rings. The van der Waals surface area contributed by atoms with Gasteiger partial charge in [0.25, 0.3) is 0 Å². The molecule has 0 aromatic carbocycles. The summed E-state index contributed by atoms with van der Waals surface area (Å²) in [5.74, 6) is 2.42. The van der Waals surface area contributed by atoms with Crippen molar-refractivity contribution in [1.82, 2.24) is 4.90 Å². The average molecular weight is 158 g/mol. The first kappa shape index (κ1) is 8.11. The van der Waals surface area contributed by atoms with Crippen LogP contribution in [0.1, 0.15) is 0 Å². The van der Waals surface area contributed by atoms with E-state index in [0.717, 1.165) is 13.1 Å². The van der Waals surface area contributed by atoms with Crippen molar-refractivity contribution < 1.29 is 0 Å². The molecule has 0 radical (unpaired) electrons. The van der Waals surface area contributed by atoms with Crippen LogP contribution in [0.25, 0.3) is 0 Å². The van der Waals surface area contributed by atoms with Crippen LogP contribution in [0.5, 0.6) is 0 Å². The second-order valence-corrected chi connectivity index (χ2v) is 3.60. The third-order valence-corrected chi connectivity index (χ3v) is 2.65. The number of hydrogen-bond donors (Lipinski definition) is 1.